The van der Waals surface area contributed by atoms with Crippen molar-refractivity contribution in [3.8, 4) is 0 Å². The van der Waals surface area contributed by atoms with Gasteiger partial charge in [-0.3, -0.25) is 4.57 Å². The van der Waals surface area contributed by atoms with Gasteiger partial charge in [0.1, 0.15) is 29.7 Å². The molecule has 4 atom stereocenters. The number of imidazole rings is 1. The summed E-state index contributed by atoms with van der Waals surface area (Å²) >= 11 is 1.48. The third-order valence-corrected chi connectivity index (χ3v) is 5.25. The quantitative estimate of drug-likeness (QED) is 0.473. The van der Waals surface area contributed by atoms with E-state index in [9.17, 15) is 15.0 Å². The average molecular weight is 426 g/mol. The summed E-state index contributed by atoms with van der Waals surface area (Å²) < 4.78 is 12.6. The Hall–Kier alpha value is -2.15. The lowest BCUT2D eigenvalue weighted by Crippen LogP contribution is -2.34. The van der Waals surface area contributed by atoms with E-state index < -0.39 is 36.2 Å². The normalized spacial score (nSPS) is 24.7. The molecule has 1 fully saturated rings. The zero-order valence-electron chi connectivity index (χ0n) is 16.5. The Bertz CT molecular complexity index is 856. The van der Waals surface area contributed by atoms with Crippen molar-refractivity contribution >= 4 is 34.8 Å². The van der Waals surface area contributed by atoms with E-state index in [1.165, 1.54) is 29.0 Å². The second-order valence-electron chi connectivity index (χ2n) is 7.63. The number of anilines is 1. The summed E-state index contributed by atoms with van der Waals surface area (Å²) in [5, 5.41) is 23.5. The lowest BCUT2D eigenvalue weighted by molar-refractivity contribution is -0.0289. The van der Waals surface area contributed by atoms with Crippen LogP contribution in [0.5, 0.6) is 0 Å². The number of nitrogens with zero attached hydrogens (tertiary/aromatic N) is 4. The zero-order chi connectivity index (χ0) is 21.2. The Labute approximate surface area is 172 Å². The number of carbonyl (C=O) groups excluding carboxylic acids is 1. The molecular formula is C17H26N6O5S. The second-order valence-corrected chi connectivity index (χ2v) is 8.78. The minimum absolute atomic E-state index is 0.228. The summed E-state index contributed by atoms with van der Waals surface area (Å²) in [7, 11) is 0. The number of fused-ring (bicyclic) bond motifs is 1. The van der Waals surface area contributed by atoms with E-state index in [1.807, 2.05) is 0 Å². The first kappa shape index (κ1) is 21.6. The molecule has 0 bridgehead atoms. The van der Waals surface area contributed by atoms with E-state index in [0.29, 0.717) is 29.2 Å². The highest BCUT2D eigenvalue weighted by atomic mass is 32.2. The molecule has 2 aromatic heterocycles. The van der Waals surface area contributed by atoms with Gasteiger partial charge in [-0.05, 0) is 20.8 Å². The topological polar surface area (TPSA) is 158 Å². The molecule has 1 aliphatic rings. The van der Waals surface area contributed by atoms with Gasteiger partial charge in [-0.1, -0.05) is 0 Å². The van der Waals surface area contributed by atoms with E-state index in [-0.39, 0.29) is 5.82 Å². The highest BCUT2D eigenvalue weighted by Crippen LogP contribution is 2.33. The van der Waals surface area contributed by atoms with Crippen LogP contribution in [0.1, 0.15) is 27.0 Å². The molecule has 3 heterocycles. The molecule has 160 valence electrons. The monoisotopic (exact) mass is 426 g/mol. The van der Waals surface area contributed by atoms with Crippen molar-refractivity contribution in [3.05, 3.63) is 12.7 Å². The maximum atomic E-state index is 11.6. The van der Waals surface area contributed by atoms with E-state index in [4.69, 9.17) is 15.2 Å². The van der Waals surface area contributed by atoms with Gasteiger partial charge >= 0.3 is 6.09 Å². The molecule has 1 aliphatic heterocycles. The molecule has 0 spiro atoms. The van der Waals surface area contributed by atoms with Gasteiger partial charge in [0, 0.05) is 18.1 Å². The lowest BCUT2D eigenvalue weighted by Gasteiger charge is -2.19. The number of nitrogens with one attached hydrogen (secondary N) is 1. The van der Waals surface area contributed by atoms with Crippen molar-refractivity contribution in [3.63, 3.8) is 0 Å². The highest BCUT2D eigenvalue weighted by Gasteiger charge is 2.44. The van der Waals surface area contributed by atoms with Crippen LogP contribution in [0, 0.1) is 0 Å². The van der Waals surface area contributed by atoms with Crippen molar-refractivity contribution in [2.24, 2.45) is 0 Å². The van der Waals surface area contributed by atoms with Gasteiger partial charge in [0.05, 0.1) is 12.4 Å². The van der Waals surface area contributed by atoms with Crippen molar-refractivity contribution in [2.45, 2.75) is 50.9 Å². The van der Waals surface area contributed by atoms with Gasteiger partial charge < -0.3 is 30.7 Å². The van der Waals surface area contributed by atoms with Crippen LogP contribution in [-0.4, -0.2) is 77.8 Å². The number of aromatic nitrogens is 4. The van der Waals surface area contributed by atoms with Crippen LogP contribution in [-0.2, 0) is 9.47 Å². The van der Waals surface area contributed by atoms with Crippen LogP contribution in [0.4, 0.5) is 10.6 Å². The van der Waals surface area contributed by atoms with Gasteiger partial charge in [-0.2, -0.15) is 11.8 Å². The molecule has 0 saturated carbocycles. The molecule has 0 radical (unpaired) electrons. The summed E-state index contributed by atoms with van der Waals surface area (Å²) in [6.07, 6.45) is -1.35. The minimum Gasteiger partial charge on any atom is -0.444 e. The smallest absolute Gasteiger partial charge is 0.407 e. The first-order chi connectivity index (χ1) is 13.7. The Kier molecular flexibility index (Phi) is 6.46. The van der Waals surface area contributed by atoms with E-state index >= 15 is 0 Å². The van der Waals surface area contributed by atoms with Crippen LogP contribution in [0.15, 0.2) is 12.7 Å². The first-order valence-corrected chi connectivity index (χ1v) is 10.3. The maximum absolute atomic E-state index is 11.6. The number of hydrogen-bond acceptors (Lipinski definition) is 10. The fourth-order valence-electron chi connectivity index (χ4n) is 2.89. The van der Waals surface area contributed by atoms with Crippen LogP contribution < -0.4 is 11.1 Å². The standard InChI is InChI=1S/C17H26N6O5S/c1-17(2,3)28-16(26)19-4-5-29-6-9-11(24)12(25)15(27-9)23-8-22-10-13(18)20-7-21-14(10)23/h7-9,11-12,15,24-25H,4-6H2,1-3H3,(H,19,26)(H2,18,20,21)/t9-,11-,12-,15?/m1/s1. The number of nitrogen functional groups attached to an aromatic ring is 1. The predicted octanol–water partition coefficient (Wildman–Crippen LogP) is 0.286. The van der Waals surface area contributed by atoms with Gasteiger partial charge in [0.2, 0.25) is 0 Å². The predicted molar refractivity (Wildman–Crippen MR) is 107 cm³/mol. The molecule has 2 aromatic rings. The molecule has 1 unspecified atom stereocenters. The molecule has 12 heteroatoms. The molecular weight excluding hydrogens is 400 g/mol. The number of ether oxygens (including phenoxy) is 2. The fourth-order valence-corrected chi connectivity index (χ4v) is 3.81. The summed E-state index contributed by atoms with van der Waals surface area (Å²) in [5.74, 6) is 1.27. The summed E-state index contributed by atoms with van der Waals surface area (Å²) in [4.78, 5) is 23.8. The van der Waals surface area contributed by atoms with Crippen molar-refractivity contribution in [2.75, 3.05) is 23.8 Å². The lowest BCUT2D eigenvalue weighted by atomic mass is 10.1. The van der Waals surface area contributed by atoms with Gasteiger partial charge in [0.15, 0.2) is 17.7 Å². The Morgan fingerprint density at radius 1 is 1.34 bits per heavy atom. The zero-order valence-corrected chi connectivity index (χ0v) is 17.3. The van der Waals surface area contributed by atoms with Crippen molar-refractivity contribution < 1.29 is 24.5 Å². The van der Waals surface area contributed by atoms with Crippen LogP contribution in [0.25, 0.3) is 11.2 Å². The van der Waals surface area contributed by atoms with Crippen molar-refractivity contribution in [1.82, 2.24) is 24.8 Å². The number of aliphatic hydroxyl groups excluding tert-OH is 2. The molecule has 29 heavy (non-hydrogen) atoms. The number of carbonyl (C=O) groups is 1. The number of hydrogen-bond donors (Lipinski definition) is 4. The summed E-state index contributed by atoms with van der Waals surface area (Å²) in [5.41, 5.74) is 6.07. The van der Waals surface area contributed by atoms with E-state index in [1.54, 1.807) is 20.8 Å². The molecule has 5 N–H and O–H groups in total. The average Bonchev–Trinajstić information content (AvgIpc) is 3.17. The van der Waals surface area contributed by atoms with Crippen LogP contribution in [0.3, 0.4) is 0 Å². The molecule has 0 aromatic carbocycles. The van der Waals surface area contributed by atoms with Crippen LogP contribution >= 0.6 is 11.8 Å². The Morgan fingerprint density at radius 3 is 2.83 bits per heavy atom. The largest absolute Gasteiger partial charge is 0.444 e. The van der Waals surface area contributed by atoms with E-state index in [2.05, 4.69) is 20.3 Å². The molecule has 3 rings (SSSR count). The summed E-state index contributed by atoms with van der Waals surface area (Å²) in [6, 6.07) is 0. The van der Waals surface area contributed by atoms with E-state index in [0.717, 1.165) is 0 Å². The highest BCUT2D eigenvalue weighted by molar-refractivity contribution is 7.99. The molecule has 0 aliphatic carbocycles. The Balaban J connectivity index is 1.51. The number of amides is 1. The number of alkyl carbamates (subject to hydrolysis) is 1. The Morgan fingerprint density at radius 2 is 2.10 bits per heavy atom. The van der Waals surface area contributed by atoms with Crippen LogP contribution in [0.2, 0.25) is 0 Å². The summed E-state index contributed by atoms with van der Waals surface area (Å²) in [6.45, 7) is 5.81. The number of thioether (sulfide) groups is 1. The third-order valence-electron chi connectivity index (χ3n) is 4.20. The molecule has 1 saturated heterocycles. The third kappa shape index (κ3) is 5.07. The fraction of sp³-hybridized carbons (Fsp3) is 0.647. The minimum atomic E-state index is -1.14. The maximum Gasteiger partial charge on any atom is 0.407 e. The number of rotatable bonds is 6. The number of nitrogens with two attached hydrogens (primary N) is 1. The second kappa shape index (κ2) is 8.69. The first-order valence-electron chi connectivity index (χ1n) is 9.16. The van der Waals surface area contributed by atoms with Gasteiger partial charge in [-0.25, -0.2) is 19.7 Å². The van der Waals surface area contributed by atoms with Gasteiger partial charge in [-0.15, -0.1) is 0 Å². The molecule has 11 nitrogen and oxygen atoms in total. The number of aliphatic hydroxyl groups is 2. The van der Waals surface area contributed by atoms with Crippen molar-refractivity contribution in [1.29, 1.82) is 0 Å². The SMILES string of the molecule is CC(C)(C)OC(=O)NCCSC[C@H]1OC(n2cnc3c(N)ncnc32)[C@H](O)[C@@H]1O. The van der Waals surface area contributed by atoms with Gasteiger partial charge in [0.25, 0.3) is 0 Å². The molecule has 1 amide bonds.